The molecule has 3 heterocycles. The molecule has 1 fully saturated rings. The monoisotopic (exact) mass is 343 g/mol. The topological polar surface area (TPSA) is 73.1 Å². The Labute approximate surface area is 148 Å². The summed E-state index contributed by atoms with van der Waals surface area (Å²) in [6, 6.07) is 1.92. The number of hydrogen-bond acceptors (Lipinski definition) is 5. The van der Waals surface area contributed by atoms with E-state index in [1.807, 2.05) is 22.6 Å². The Hall–Kier alpha value is -2.44. The zero-order valence-corrected chi connectivity index (χ0v) is 15.0. The van der Waals surface area contributed by atoms with Gasteiger partial charge < -0.3 is 14.2 Å². The molecule has 0 aromatic carbocycles. The fraction of sp³-hybridized carbons (Fsp3) is 0.556. The number of likely N-dealkylation sites (tertiary alicyclic amines) is 1. The zero-order valence-electron chi connectivity index (χ0n) is 15.0. The van der Waals surface area contributed by atoms with Gasteiger partial charge in [-0.1, -0.05) is 13.8 Å². The minimum atomic E-state index is -0.241. The fourth-order valence-corrected chi connectivity index (χ4v) is 3.17. The van der Waals surface area contributed by atoms with Gasteiger partial charge in [-0.25, -0.2) is 15.0 Å². The standard InChI is InChI=1S/C18H25N5O2/c1-13(2)16-19-9-12-23(16)14(3)17(24)22-10-5-15(6-11-22)25-18-20-7-4-8-21-18/h4,7-9,12-15H,5-6,10-11H2,1-3H3. The van der Waals surface area contributed by atoms with Crippen LogP contribution in [0.5, 0.6) is 6.01 Å². The summed E-state index contributed by atoms with van der Waals surface area (Å²) in [7, 11) is 0. The smallest absolute Gasteiger partial charge is 0.316 e. The van der Waals surface area contributed by atoms with Gasteiger partial charge in [-0.05, 0) is 13.0 Å². The van der Waals surface area contributed by atoms with Gasteiger partial charge in [-0.2, -0.15) is 0 Å². The maximum atomic E-state index is 12.8. The van der Waals surface area contributed by atoms with Gasteiger partial charge in [0.2, 0.25) is 5.91 Å². The number of ether oxygens (including phenoxy) is 1. The van der Waals surface area contributed by atoms with Crippen LogP contribution in [0.25, 0.3) is 0 Å². The van der Waals surface area contributed by atoms with Crippen molar-refractivity contribution < 1.29 is 9.53 Å². The number of piperidine rings is 1. The van der Waals surface area contributed by atoms with E-state index in [-0.39, 0.29) is 24.0 Å². The third kappa shape index (κ3) is 3.97. The molecule has 25 heavy (non-hydrogen) atoms. The SMILES string of the molecule is CC(C)c1nccn1C(C)C(=O)N1CCC(Oc2ncccn2)CC1. The summed E-state index contributed by atoms with van der Waals surface area (Å²) in [4.78, 5) is 27.3. The second-order valence-corrected chi connectivity index (χ2v) is 6.70. The summed E-state index contributed by atoms with van der Waals surface area (Å²) in [5.41, 5.74) is 0. The highest BCUT2D eigenvalue weighted by Gasteiger charge is 2.29. The molecule has 0 saturated carbocycles. The molecule has 0 radical (unpaired) electrons. The number of hydrogen-bond donors (Lipinski definition) is 0. The van der Waals surface area contributed by atoms with Crippen LogP contribution in [0.3, 0.4) is 0 Å². The normalized spacial score (nSPS) is 16.9. The van der Waals surface area contributed by atoms with Crippen molar-refractivity contribution in [3.63, 3.8) is 0 Å². The molecule has 7 heteroatoms. The first-order chi connectivity index (χ1) is 12.1. The summed E-state index contributed by atoms with van der Waals surface area (Å²) in [6.45, 7) is 7.49. The summed E-state index contributed by atoms with van der Waals surface area (Å²) < 4.78 is 7.77. The molecule has 0 bridgehead atoms. The molecule has 2 aromatic rings. The van der Waals surface area contributed by atoms with E-state index in [0.717, 1.165) is 18.7 Å². The van der Waals surface area contributed by atoms with Crippen LogP contribution in [-0.2, 0) is 4.79 Å². The van der Waals surface area contributed by atoms with E-state index in [1.165, 1.54) is 0 Å². The molecule has 134 valence electrons. The first kappa shape index (κ1) is 17.4. The van der Waals surface area contributed by atoms with Gasteiger partial charge in [-0.3, -0.25) is 4.79 Å². The predicted molar refractivity (Wildman–Crippen MR) is 93.3 cm³/mol. The minimum absolute atomic E-state index is 0.0567. The van der Waals surface area contributed by atoms with Gasteiger partial charge in [0.25, 0.3) is 0 Å². The second kappa shape index (κ2) is 7.63. The molecule has 7 nitrogen and oxygen atoms in total. The van der Waals surface area contributed by atoms with Gasteiger partial charge >= 0.3 is 6.01 Å². The molecule has 0 N–H and O–H groups in total. The number of amides is 1. The molecule has 1 unspecified atom stereocenters. The van der Waals surface area contributed by atoms with Crippen LogP contribution in [0.2, 0.25) is 0 Å². The zero-order chi connectivity index (χ0) is 17.8. The van der Waals surface area contributed by atoms with Crippen LogP contribution in [0, 0.1) is 0 Å². The van der Waals surface area contributed by atoms with Gasteiger partial charge in [0, 0.05) is 56.6 Å². The number of imidazole rings is 1. The average Bonchev–Trinajstić information content (AvgIpc) is 3.12. The Kier molecular flexibility index (Phi) is 5.31. The van der Waals surface area contributed by atoms with Gasteiger partial charge in [0.15, 0.2) is 0 Å². The van der Waals surface area contributed by atoms with E-state index in [9.17, 15) is 4.79 Å². The van der Waals surface area contributed by atoms with Crippen molar-refractivity contribution in [2.24, 2.45) is 0 Å². The summed E-state index contributed by atoms with van der Waals surface area (Å²) in [5.74, 6) is 1.37. The number of aromatic nitrogens is 4. The van der Waals surface area contributed by atoms with Crippen LogP contribution in [-0.4, -0.2) is 49.5 Å². The molecule has 1 aliphatic heterocycles. The Morgan fingerprint density at radius 3 is 2.44 bits per heavy atom. The summed E-state index contributed by atoms with van der Waals surface area (Å²) in [6.07, 6.45) is 8.62. The highest BCUT2D eigenvalue weighted by atomic mass is 16.5. The van der Waals surface area contributed by atoms with E-state index in [4.69, 9.17) is 4.74 Å². The lowest BCUT2D eigenvalue weighted by Gasteiger charge is -2.33. The Balaban J connectivity index is 1.57. The number of nitrogens with zero attached hydrogens (tertiary/aromatic N) is 5. The molecular weight excluding hydrogens is 318 g/mol. The molecule has 1 saturated heterocycles. The Morgan fingerprint density at radius 2 is 1.80 bits per heavy atom. The lowest BCUT2D eigenvalue weighted by atomic mass is 10.1. The van der Waals surface area contributed by atoms with E-state index < -0.39 is 0 Å². The third-order valence-electron chi connectivity index (χ3n) is 4.56. The van der Waals surface area contributed by atoms with E-state index in [1.54, 1.807) is 24.7 Å². The quantitative estimate of drug-likeness (QED) is 0.834. The first-order valence-corrected chi connectivity index (χ1v) is 8.81. The lowest BCUT2D eigenvalue weighted by Crippen LogP contribution is -2.44. The van der Waals surface area contributed by atoms with Crippen molar-refractivity contribution in [1.82, 2.24) is 24.4 Å². The minimum Gasteiger partial charge on any atom is -0.460 e. The first-order valence-electron chi connectivity index (χ1n) is 8.81. The highest BCUT2D eigenvalue weighted by Crippen LogP contribution is 2.22. The van der Waals surface area contributed by atoms with Crippen molar-refractivity contribution in [1.29, 1.82) is 0 Å². The van der Waals surface area contributed by atoms with Crippen LogP contribution in [0.4, 0.5) is 0 Å². The van der Waals surface area contributed by atoms with Gasteiger partial charge in [0.1, 0.15) is 18.0 Å². The van der Waals surface area contributed by atoms with Crippen LogP contribution in [0.1, 0.15) is 51.4 Å². The molecule has 2 aromatic heterocycles. The summed E-state index contributed by atoms with van der Waals surface area (Å²) in [5, 5.41) is 0. The predicted octanol–water partition coefficient (Wildman–Crippen LogP) is 2.43. The molecule has 1 aliphatic rings. The number of carbonyl (C=O) groups excluding carboxylic acids is 1. The van der Waals surface area contributed by atoms with Crippen molar-refractivity contribution in [2.75, 3.05) is 13.1 Å². The lowest BCUT2D eigenvalue weighted by molar-refractivity contribution is -0.136. The molecule has 1 atom stereocenters. The van der Waals surface area contributed by atoms with Crippen LogP contribution in [0.15, 0.2) is 30.9 Å². The Bertz CT molecular complexity index is 693. The number of carbonyl (C=O) groups is 1. The van der Waals surface area contributed by atoms with Crippen molar-refractivity contribution in [3.8, 4) is 6.01 Å². The molecule has 3 rings (SSSR count). The average molecular weight is 343 g/mol. The van der Waals surface area contributed by atoms with Crippen molar-refractivity contribution >= 4 is 5.91 Å². The van der Waals surface area contributed by atoms with Crippen LogP contribution >= 0.6 is 0 Å². The maximum absolute atomic E-state index is 12.8. The van der Waals surface area contributed by atoms with Gasteiger partial charge in [0.05, 0.1) is 0 Å². The van der Waals surface area contributed by atoms with E-state index >= 15 is 0 Å². The molecule has 1 amide bonds. The maximum Gasteiger partial charge on any atom is 0.316 e. The van der Waals surface area contributed by atoms with Crippen molar-refractivity contribution in [3.05, 3.63) is 36.7 Å². The largest absolute Gasteiger partial charge is 0.460 e. The van der Waals surface area contributed by atoms with Crippen molar-refractivity contribution in [2.45, 2.75) is 51.7 Å². The molecular formula is C18H25N5O2. The van der Waals surface area contributed by atoms with E-state index in [0.29, 0.717) is 19.1 Å². The Morgan fingerprint density at radius 1 is 1.12 bits per heavy atom. The van der Waals surface area contributed by atoms with Crippen LogP contribution < -0.4 is 4.74 Å². The van der Waals surface area contributed by atoms with Gasteiger partial charge in [-0.15, -0.1) is 0 Å². The number of rotatable bonds is 5. The van der Waals surface area contributed by atoms with E-state index in [2.05, 4.69) is 28.8 Å². The molecule has 0 aliphatic carbocycles. The second-order valence-electron chi connectivity index (χ2n) is 6.70. The third-order valence-corrected chi connectivity index (χ3v) is 4.56. The highest BCUT2D eigenvalue weighted by molar-refractivity contribution is 5.80. The molecule has 0 spiro atoms. The fourth-order valence-electron chi connectivity index (χ4n) is 3.17. The summed E-state index contributed by atoms with van der Waals surface area (Å²) >= 11 is 0.